The second-order valence-corrected chi connectivity index (χ2v) is 5.43. The van der Waals surface area contributed by atoms with Crippen molar-refractivity contribution < 1.29 is 0 Å². The van der Waals surface area contributed by atoms with Gasteiger partial charge in [-0.1, -0.05) is 12.1 Å². The molecule has 3 aromatic rings. The number of hydrogen-bond acceptors (Lipinski definition) is 4. The Kier molecular flexibility index (Phi) is 4.61. The molecule has 5 nitrogen and oxygen atoms in total. The number of nitrogens with zero attached hydrogens (tertiary/aromatic N) is 5. The van der Waals surface area contributed by atoms with E-state index in [1.54, 1.807) is 12.4 Å². The Bertz CT molecular complexity index is 804. The van der Waals surface area contributed by atoms with E-state index in [1.165, 1.54) is 0 Å². The molecular weight excluding hydrogens is 298 g/mol. The van der Waals surface area contributed by atoms with Crippen molar-refractivity contribution in [3.63, 3.8) is 0 Å². The number of aliphatic imine (C=N–C) groups is 2. The molecule has 0 unspecified atom stereocenters. The third-order valence-corrected chi connectivity index (χ3v) is 3.73. The highest BCUT2D eigenvalue weighted by molar-refractivity contribution is 6.03. The first-order valence-corrected chi connectivity index (χ1v) is 7.74. The van der Waals surface area contributed by atoms with Crippen LogP contribution in [-0.4, -0.2) is 26.0 Å². The van der Waals surface area contributed by atoms with Crippen molar-refractivity contribution in [2.24, 2.45) is 17.0 Å². The molecular formula is C19H19N5. The fraction of sp³-hybridized carbons (Fsp3) is 0.158. The predicted molar refractivity (Wildman–Crippen MR) is 97.6 cm³/mol. The lowest BCUT2D eigenvalue weighted by atomic mass is 10.3. The van der Waals surface area contributed by atoms with Gasteiger partial charge in [0, 0.05) is 19.4 Å². The van der Waals surface area contributed by atoms with E-state index in [4.69, 9.17) is 0 Å². The Morgan fingerprint density at radius 2 is 1.21 bits per heavy atom. The highest BCUT2D eigenvalue weighted by Crippen LogP contribution is 2.15. The number of hydrogen-bond donors (Lipinski definition) is 0. The van der Waals surface area contributed by atoms with E-state index < -0.39 is 0 Å². The van der Waals surface area contributed by atoms with Gasteiger partial charge in [0.15, 0.2) is 11.6 Å². The van der Waals surface area contributed by atoms with Crippen LogP contribution in [0.1, 0.15) is 25.2 Å². The summed E-state index contributed by atoms with van der Waals surface area (Å²) in [6.07, 6.45) is 3.48. The van der Waals surface area contributed by atoms with Crippen molar-refractivity contribution in [3.8, 4) is 0 Å². The zero-order chi connectivity index (χ0) is 16.9. The molecule has 0 aliphatic rings. The van der Waals surface area contributed by atoms with Crippen LogP contribution in [0.4, 0.5) is 11.6 Å². The van der Waals surface area contributed by atoms with E-state index in [9.17, 15) is 0 Å². The van der Waals surface area contributed by atoms with Gasteiger partial charge in [-0.2, -0.15) is 0 Å². The van der Waals surface area contributed by atoms with Crippen molar-refractivity contribution in [1.29, 1.82) is 0 Å². The van der Waals surface area contributed by atoms with Gasteiger partial charge >= 0.3 is 0 Å². The van der Waals surface area contributed by atoms with Crippen LogP contribution in [0.3, 0.4) is 0 Å². The second-order valence-electron chi connectivity index (χ2n) is 5.43. The smallest absolute Gasteiger partial charge is 0.152 e. The lowest BCUT2D eigenvalue weighted by Gasteiger charge is -2.07. The molecule has 0 amide bonds. The molecule has 0 aliphatic carbocycles. The standard InChI is InChI=1S/C19H19N5/c1-14(22-18-8-4-6-12-20-18)16-10-11-17(24(16)3)15(2)23-19-9-5-7-13-21-19/h4-13H,1-3H3/b22-14+,23-15+. The molecule has 3 rings (SSSR count). The van der Waals surface area contributed by atoms with E-state index in [-0.39, 0.29) is 0 Å². The molecule has 0 N–H and O–H groups in total. The van der Waals surface area contributed by atoms with Crippen molar-refractivity contribution in [1.82, 2.24) is 14.5 Å². The maximum Gasteiger partial charge on any atom is 0.152 e. The van der Waals surface area contributed by atoms with Crippen molar-refractivity contribution in [2.45, 2.75) is 13.8 Å². The maximum atomic E-state index is 4.58. The summed E-state index contributed by atoms with van der Waals surface area (Å²) in [6, 6.07) is 15.5. The molecule has 0 atom stereocenters. The molecule has 3 aromatic heterocycles. The van der Waals surface area contributed by atoms with Crippen LogP contribution >= 0.6 is 0 Å². The molecule has 0 aromatic carbocycles. The Balaban J connectivity index is 1.91. The monoisotopic (exact) mass is 317 g/mol. The van der Waals surface area contributed by atoms with Crippen molar-refractivity contribution in [2.75, 3.05) is 0 Å². The summed E-state index contributed by atoms with van der Waals surface area (Å²) in [5.74, 6) is 1.41. The molecule has 0 saturated heterocycles. The third kappa shape index (κ3) is 3.46. The lowest BCUT2D eigenvalue weighted by Crippen LogP contribution is -2.09. The zero-order valence-corrected chi connectivity index (χ0v) is 14.0. The Labute approximate surface area is 141 Å². The van der Waals surface area contributed by atoms with Crippen LogP contribution in [0, 0.1) is 0 Å². The minimum Gasteiger partial charge on any atom is -0.342 e. The third-order valence-electron chi connectivity index (χ3n) is 3.73. The molecule has 24 heavy (non-hydrogen) atoms. The molecule has 0 radical (unpaired) electrons. The summed E-state index contributed by atoms with van der Waals surface area (Å²) in [5.41, 5.74) is 3.89. The molecule has 5 heteroatoms. The summed E-state index contributed by atoms with van der Waals surface area (Å²) < 4.78 is 2.09. The van der Waals surface area contributed by atoms with Gasteiger partial charge < -0.3 is 4.57 Å². The van der Waals surface area contributed by atoms with Crippen LogP contribution in [0.2, 0.25) is 0 Å². The average Bonchev–Trinajstić information content (AvgIpc) is 2.98. The molecule has 0 aliphatic heterocycles. The van der Waals surface area contributed by atoms with Crippen LogP contribution in [0.5, 0.6) is 0 Å². The Morgan fingerprint density at radius 3 is 1.58 bits per heavy atom. The predicted octanol–water partition coefficient (Wildman–Crippen LogP) is 4.10. The second kappa shape index (κ2) is 7.00. The van der Waals surface area contributed by atoms with Crippen LogP contribution in [0.25, 0.3) is 0 Å². The van der Waals surface area contributed by atoms with E-state index in [0.717, 1.165) is 22.8 Å². The maximum absolute atomic E-state index is 4.58. The van der Waals surface area contributed by atoms with Gasteiger partial charge in [0.2, 0.25) is 0 Å². The van der Waals surface area contributed by atoms with E-state index in [2.05, 4.69) is 36.7 Å². The zero-order valence-electron chi connectivity index (χ0n) is 14.0. The lowest BCUT2D eigenvalue weighted by molar-refractivity contribution is 0.899. The van der Waals surface area contributed by atoms with Gasteiger partial charge in [-0.25, -0.2) is 20.0 Å². The number of pyridine rings is 2. The van der Waals surface area contributed by atoms with Gasteiger partial charge in [-0.15, -0.1) is 0 Å². The summed E-state index contributed by atoms with van der Waals surface area (Å²) >= 11 is 0. The quantitative estimate of drug-likeness (QED) is 0.680. The van der Waals surface area contributed by atoms with E-state index >= 15 is 0 Å². The minimum atomic E-state index is 0.705. The molecule has 0 saturated carbocycles. The van der Waals surface area contributed by atoms with Crippen molar-refractivity contribution >= 4 is 23.1 Å². The Morgan fingerprint density at radius 1 is 0.750 bits per heavy atom. The minimum absolute atomic E-state index is 0.705. The Hall–Kier alpha value is -3.08. The fourth-order valence-electron chi connectivity index (χ4n) is 2.54. The molecule has 0 spiro atoms. The summed E-state index contributed by atoms with van der Waals surface area (Å²) in [5, 5.41) is 0. The first-order valence-electron chi connectivity index (χ1n) is 7.74. The van der Waals surface area contributed by atoms with Gasteiger partial charge in [0.1, 0.15) is 0 Å². The summed E-state index contributed by atoms with van der Waals surface area (Å²) in [7, 11) is 2.01. The largest absolute Gasteiger partial charge is 0.342 e. The highest BCUT2D eigenvalue weighted by Gasteiger charge is 2.10. The summed E-state index contributed by atoms with van der Waals surface area (Å²) in [4.78, 5) is 17.6. The van der Waals surface area contributed by atoms with Crippen LogP contribution in [-0.2, 0) is 7.05 Å². The SMILES string of the molecule is C/C(=N\c1ccccn1)c1ccc(/C(C)=N/c2ccccn2)n1C. The fourth-order valence-corrected chi connectivity index (χ4v) is 2.54. The molecule has 3 heterocycles. The average molecular weight is 317 g/mol. The topological polar surface area (TPSA) is 55.4 Å². The molecule has 120 valence electrons. The van der Waals surface area contributed by atoms with E-state index in [1.807, 2.05) is 57.3 Å². The van der Waals surface area contributed by atoms with Gasteiger partial charge in [-0.3, -0.25) is 0 Å². The van der Waals surface area contributed by atoms with Crippen molar-refractivity contribution in [3.05, 3.63) is 72.3 Å². The van der Waals surface area contributed by atoms with Gasteiger partial charge in [0.05, 0.1) is 22.8 Å². The summed E-state index contributed by atoms with van der Waals surface area (Å²) in [6.45, 7) is 3.97. The van der Waals surface area contributed by atoms with Crippen LogP contribution < -0.4 is 0 Å². The first kappa shape index (κ1) is 15.8. The molecule has 0 fully saturated rings. The van der Waals surface area contributed by atoms with Gasteiger partial charge in [0.25, 0.3) is 0 Å². The number of rotatable bonds is 4. The van der Waals surface area contributed by atoms with Gasteiger partial charge in [-0.05, 0) is 50.2 Å². The number of aromatic nitrogens is 3. The first-order chi connectivity index (χ1) is 11.6. The highest BCUT2D eigenvalue weighted by atomic mass is 15.0. The molecule has 0 bridgehead atoms. The van der Waals surface area contributed by atoms with E-state index in [0.29, 0.717) is 11.6 Å². The van der Waals surface area contributed by atoms with Crippen LogP contribution in [0.15, 0.2) is 70.9 Å². The normalized spacial score (nSPS) is 12.5.